The number of aromatic nitrogens is 2. The number of hydrogen-bond donors (Lipinski definition) is 3. The first-order valence-electron chi connectivity index (χ1n) is 3.74. The van der Waals surface area contributed by atoms with Crippen molar-refractivity contribution in [3.05, 3.63) is 18.2 Å². The summed E-state index contributed by atoms with van der Waals surface area (Å²) in [5.41, 5.74) is 0.549. The van der Waals surface area contributed by atoms with Crippen LogP contribution in [0.15, 0.2) is 12.5 Å². The van der Waals surface area contributed by atoms with Gasteiger partial charge in [-0.1, -0.05) is 0 Å². The van der Waals surface area contributed by atoms with Crippen LogP contribution in [0.5, 0.6) is 0 Å². The van der Waals surface area contributed by atoms with E-state index in [4.69, 9.17) is 0 Å². The lowest BCUT2D eigenvalue weighted by Gasteiger charge is -2.29. The van der Waals surface area contributed by atoms with E-state index in [-0.39, 0.29) is 6.54 Å². The van der Waals surface area contributed by atoms with E-state index >= 15 is 0 Å². The van der Waals surface area contributed by atoms with Gasteiger partial charge in [0, 0.05) is 0 Å². The Labute approximate surface area is 68.9 Å². The van der Waals surface area contributed by atoms with Gasteiger partial charge in [0.15, 0.2) is 0 Å². The van der Waals surface area contributed by atoms with E-state index in [1.54, 1.807) is 4.57 Å². The maximum atomic E-state index is 9.42. The molecule has 2 heterocycles. The highest BCUT2D eigenvalue weighted by Crippen LogP contribution is 2.24. The predicted molar refractivity (Wildman–Crippen MR) is 39.2 cm³/mol. The number of rotatable bonds is 0. The molecule has 5 heteroatoms. The molecule has 1 aliphatic heterocycles. The van der Waals surface area contributed by atoms with E-state index < -0.39 is 18.3 Å². The third-order valence-electron chi connectivity index (χ3n) is 2.15. The minimum atomic E-state index is -1.10. The Hall–Kier alpha value is -0.910. The molecule has 0 fully saturated rings. The Morgan fingerprint density at radius 3 is 2.92 bits per heavy atom. The van der Waals surface area contributed by atoms with Crippen LogP contribution in [-0.4, -0.2) is 37.1 Å². The van der Waals surface area contributed by atoms with Crippen LogP contribution in [0, 0.1) is 0 Å². The molecule has 0 saturated heterocycles. The molecule has 0 aromatic carbocycles. The number of nitrogens with zero attached hydrogens (tertiary/aromatic N) is 2. The van der Waals surface area contributed by atoms with E-state index in [0.29, 0.717) is 5.69 Å². The zero-order chi connectivity index (χ0) is 8.72. The monoisotopic (exact) mass is 170 g/mol. The molecule has 0 spiro atoms. The van der Waals surface area contributed by atoms with Crippen molar-refractivity contribution >= 4 is 0 Å². The van der Waals surface area contributed by atoms with Crippen molar-refractivity contribution in [2.24, 2.45) is 0 Å². The van der Waals surface area contributed by atoms with Crippen LogP contribution < -0.4 is 0 Å². The first-order chi connectivity index (χ1) is 5.70. The van der Waals surface area contributed by atoms with Crippen molar-refractivity contribution in [3.8, 4) is 0 Å². The third-order valence-corrected chi connectivity index (χ3v) is 2.15. The molecule has 1 aromatic heterocycles. The smallest absolute Gasteiger partial charge is 0.124 e. The number of hydrogen-bond acceptors (Lipinski definition) is 4. The highest BCUT2D eigenvalue weighted by Gasteiger charge is 2.33. The summed E-state index contributed by atoms with van der Waals surface area (Å²) in [5.74, 6) is 0. The Bertz CT molecular complexity index is 286. The SMILES string of the molecule is O[C@@H]1[C@@H](O)Cn2cncc2[C@@H]1O. The first kappa shape index (κ1) is 7.72. The second-order valence-corrected chi connectivity index (χ2v) is 2.97. The molecule has 5 nitrogen and oxygen atoms in total. The van der Waals surface area contributed by atoms with E-state index in [0.717, 1.165) is 0 Å². The van der Waals surface area contributed by atoms with Gasteiger partial charge < -0.3 is 19.9 Å². The zero-order valence-corrected chi connectivity index (χ0v) is 6.33. The molecule has 0 bridgehead atoms. The molecular weight excluding hydrogens is 160 g/mol. The second-order valence-electron chi connectivity index (χ2n) is 2.97. The summed E-state index contributed by atoms with van der Waals surface area (Å²) in [7, 11) is 0. The maximum Gasteiger partial charge on any atom is 0.124 e. The lowest BCUT2D eigenvalue weighted by Crippen LogP contribution is -2.40. The van der Waals surface area contributed by atoms with Gasteiger partial charge in [-0.2, -0.15) is 0 Å². The zero-order valence-electron chi connectivity index (χ0n) is 6.33. The van der Waals surface area contributed by atoms with Crippen molar-refractivity contribution in [1.82, 2.24) is 9.55 Å². The van der Waals surface area contributed by atoms with E-state index in [2.05, 4.69) is 4.98 Å². The summed E-state index contributed by atoms with van der Waals surface area (Å²) < 4.78 is 1.63. The van der Waals surface area contributed by atoms with Gasteiger partial charge in [0.05, 0.1) is 24.8 Å². The molecule has 12 heavy (non-hydrogen) atoms. The molecule has 3 atom stereocenters. The predicted octanol–water partition coefficient (Wildman–Crippen LogP) is -1.35. The minimum Gasteiger partial charge on any atom is -0.388 e. The van der Waals surface area contributed by atoms with Gasteiger partial charge in [0.2, 0.25) is 0 Å². The van der Waals surface area contributed by atoms with Crippen LogP contribution in [0.2, 0.25) is 0 Å². The Morgan fingerprint density at radius 1 is 1.42 bits per heavy atom. The highest BCUT2D eigenvalue weighted by atomic mass is 16.4. The maximum absolute atomic E-state index is 9.42. The Morgan fingerprint density at radius 2 is 2.17 bits per heavy atom. The summed E-state index contributed by atoms with van der Waals surface area (Å²) in [5, 5.41) is 27.9. The van der Waals surface area contributed by atoms with Crippen LogP contribution in [0.3, 0.4) is 0 Å². The fourth-order valence-electron chi connectivity index (χ4n) is 1.42. The second kappa shape index (κ2) is 2.55. The summed E-state index contributed by atoms with van der Waals surface area (Å²) in [6.45, 7) is 0.285. The van der Waals surface area contributed by atoms with Crippen LogP contribution in [-0.2, 0) is 6.54 Å². The van der Waals surface area contributed by atoms with E-state index in [1.807, 2.05) is 0 Å². The summed E-state index contributed by atoms with van der Waals surface area (Å²) >= 11 is 0. The molecule has 1 aromatic rings. The largest absolute Gasteiger partial charge is 0.388 e. The number of imidazole rings is 1. The van der Waals surface area contributed by atoms with Gasteiger partial charge >= 0.3 is 0 Å². The molecule has 0 unspecified atom stereocenters. The van der Waals surface area contributed by atoms with Gasteiger partial charge in [-0.25, -0.2) is 4.98 Å². The fourth-order valence-corrected chi connectivity index (χ4v) is 1.42. The summed E-state index contributed by atoms with van der Waals surface area (Å²) in [6, 6.07) is 0. The highest BCUT2D eigenvalue weighted by molar-refractivity contribution is 5.09. The third kappa shape index (κ3) is 0.945. The van der Waals surface area contributed by atoms with Crippen LogP contribution in [0.4, 0.5) is 0 Å². The lowest BCUT2D eigenvalue weighted by atomic mass is 10.0. The fraction of sp³-hybridized carbons (Fsp3) is 0.571. The van der Waals surface area contributed by atoms with Gasteiger partial charge in [-0.15, -0.1) is 0 Å². The van der Waals surface area contributed by atoms with Crippen LogP contribution in [0.25, 0.3) is 0 Å². The van der Waals surface area contributed by atoms with Crippen LogP contribution in [0.1, 0.15) is 11.8 Å². The lowest BCUT2D eigenvalue weighted by molar-refractivity contribution is -0.0834. The molecule has 0 saturated carbocycles. The molecule has 0 aliphatic carbocycles. The van der Waals surface area contributed by atoms with Gasteiger partial charge in [-0.05, 0) is 0 Å². The standard InChI is InChI=1S/C7H10N2O3/c10-5-2-9-3-8-1-4(9)6(11)7(5)12/h1,3,5-7,10-12H,2H2/t5-,6-,7+/m0/s1. The normalized spacial score (nSPS) is 34.8. The molecule has 1 aliphatic rings. The molecular formula is C7H10N2O3. The topological polar surface area (TPSA) is 78.5 Å². The average Bonchev–Trinajstić information content (AvgIpc) is 2.48. The molecule has 66 valence electrons. The summed E-state index contributed by atoms with van der Waals surface area (Å²) in [6.07, 6.45) is -0.0416. The van der Waals surface area contributed by atoms with Gasteiger partial charge in [0.25, 0.3) is 0 Å². The summed E-state index contributed by atoms with van der Waals surface area (Å²) in [4.78, 5) is 3.80. The van der Waals surface area contributed by atoms with E-state index in [1.165, 1.54) is 12.5 Å². The van der Waals surface area contributed by atoms with Gasteiger partial charge in [-0.3, -0.25) is 0 Å². The molecule has 0 amide bonds. The number of aliphatic hydroxyl groups excluding tert-OH is 3. The van der Waals surface area contributed by atoms with Crippen molar-refractivity contribution in [2.45, 2.75) is 24.9 Å². The molecule has 0 radical (unpaired) electrons. The van der Waals surface area contributed by atoms with Crippen molar-refractivity contribution in [1.29, 1.82) is 0 Å². The van der Waals surface area contributed by atoms with Crippen molar-refractivity contribution < 1.29 is 15.3 Å². The molecule has 2 rings (SSSR count). The number of aliphatic hydroxyl groups is 3. The average molecular weight is 170 g/mol. The minimum absolute atomic E-state index is 0.285. The van der Waals surface area contributed by atoms with Crippen LogP contribution >= 0.6 is 0 Å². The van der Waals surface area contributed by atoms with Crippen molar-refractivity contribution in [3.63, 3.8) is 0 Å². The Balaban J connectivity index is 2.39. The first-order valence-corrected chi connectivity index (χ1v) is 3.74. The van der Waals surface area contributed by atoms with Gasteiger partial charge in [0.1, 0.15) is 18.3 Å². The Kier molecular flexibility index (Phi) is 1.64. The van der Waals surface area contributed by atoms with Crippen molar-refractivity contribution in [2.75, 3.05) is 0 Å². The van der Waals surface area contributed by atoms with E-state index in [9.17, 15) is 15.3 Å². The quantitative estimate of drug-likeness (QED) is 0.450. The number of fused-ring (bicyclic) bond motifs is 1. The molecule has 3 N–H and O–H groups in total.